The first-order valence-electron chi connectivity index (χ1n) is 6.43. The van der Waals surface area contributed by atoms with Crippen molar-refractivity contribution in [2.24, 2.45) is 5.73 Å². The van der Waals surface area contributed by atoms with E-state index in [0.29, 0.717) is 5.69 Å². The second-order valence-electron chi connectivity index (χ2n) is 5.16. The summed E-state index contributed by atoms with van der Waals surface area (Å²) in [5.74, 6) is -0.203. The van der Waals surface area contributed by atoms with Crippen LogP contribution in [0.15, 0.2) is 18.2 Å². The molecule has 0 bridgehead atoms. The molecule has 0 aliphatic carbocycles. The van der Waals surface area contributed by atoms with E-state index in [1.807, 2.05) is 37.8 Å². The molecular weight excluding hydrogens is 231 g/mol. The summed E-state index contributed by atoms with van der Waals surface area (Å²) in [5, 5.41) is 0. The first-order chi connectivity index (χ1) is 8.47. The molecule has 1 aliphatic heterocycles. The van der Waals surface area contributed by atoms with Crippen molar-refractivity contribution in [2.45, 2.75) is 39.0 Å². The van der Waals surface area contributed by atoms with E-state index < -0.39 is 0 Å². The quantitative estimate of drug-likeness (QED) is 0.878. The van der Waals surface area contributed by atoms with Gasteiger partial charge in [-0.3, -0.25) is 0 Å². The molecule has 2 N–H and O–H groups in total. The molecule has 1 heterocycles. The molecular formula is C14H21FN2O. The highest BCUT2D eigenvalue weighted by Crippen LogP contribution is 2.25. The topological polar surface area (TPSA) is 38.5 Å². The third-order valence-electron chi connectivity index (χ3n) is 3.26. The van der Waals surface area contributed by atoms with Crippen LogP contribution in [0.5, 0.6) is 0 Å². The number of rotatable bonds is 2. The van der Waals surface area contributed by atoms with Gasteiger partial charge in [-0.25, -0.2) is 4.39 Å². The van der Waals surface area contributed by atoms with E-state index in [2.05, 4.69) is 0 Å². The highest BCUT2D eigenvalue weighted by molar-refractivity contribution is 5.50. The molecule has 3 nitrogen and oxygen atoms in total. The highest BCUT2D eigenvalue weighted by atomic mass is 19.1. The van der Waals surface area contributed by atoms with Crippen LogP contribution in [0.25, 0.3) is 0 Å². The molecule has 0 unspecified atom stereocenters. The largest absolute Gasteiger partial charge is 0.372 e. The molecule has 1 fully saturated rings. The van der Waals surface area contributed by atoms with E-state index in [0.717, 1.165) is 18.7 Å². The number of ether oxygens (including phenoxy) is 1. The maximum absolute atomic E-state index is 14.1. The zero-order valence-corrected chi connectivity index (χ0v) is 11.2. The molecule has 4 heteroatoms. The summed E-state index contributed by atoms with van der Waals surface area (Å²) in [6.07, 6.45) is 0.252. The monoisotopic (exact) mass is 252 g/mol. The van der Waals surface area contributed by atoms with Crippen LogP contribution in [0, 0.1) is 5.82 Å². The molecule has 18 heavy (non-hydrogen) atoms. The fourth-order valence-corrected chi connectivity index (χ4v) is 2.44. The minimum absolute atomic E-state index is 0.126. The van der Waals surface area contributed by atoms with Gasteiger partial charge >= 0.3 is 0 Å². The molecule has 0 aromatic heterocycles. The third-order valence-corrected chi connectivity index (χ3v) is 3.26. The molecule has 2 rings (SSSR count). The van der Waals surface area contributed by atoms with Gasteiger partial charge in [-0.1, -0.05) is 6.07 Å². The number of morpholine rings is 1. The van der Waals surface area contributed by atoms with Crippen LogP contribution in [-0.4, -0.2) is 25.3 Å². The fraction of sp³-hybridized carbons (Fsp3) is 0.571. The number of hydrogen-bond donors (Lipinski definition) is 1. The molecule has 0 spiro atoms. The van der Waals surface area contributed by atoms with Crippen molar-refractivity contribution in [1.82, 2.24) is 0 Å². The van der Waals surface area contributed by atoms with Gasteiger partial charge in [0.25, 0.3) is 0 Å². The summed E-state index contributed by atoms with van der Waals surface area (Å²) in [6.45, 7) is 7.32. The Morgan fingerprint density at radius 1 is 1.33 bits per heavy atom. The van der Waals surface area contributed by atoms with Gasteiger partial charge in [0.15, 0.2) is 0 Å². The number of nitrogens with two attached hydrogens (primary N) is 1. The summed E-state index contributed by atoms with van der Waals surface area (Å²) in [5.41, 5.74) is 7.22. The van der Waals surface area contributed by atoms with E-state index in [1.165, 1.54) is 6.07 Å². The molecule has 3 atom stereocenters. The van der Waals surface area contributed by atoms with Crippen LogP contribution in [0.1, 0.15) is 32.4 Å². The molecule has 0 amide bonds. The third kappa shape index (κ3) is 2.82. The molecule has 100 valence electrons. The lowest BCUT2D eigenvalue weighted by atomic mass is 10.1. The van der Waals surface area contributed by atoms with Gasteiger partial charge in [-0.05, 0) is 38.5 Å². The lowest BCUT2D eigenvalue weighted by molar-refractivity contribution is -0.00539. The van der Waals surface area contributed by atoms with Crippen molar-refractivity contribution in [1.29, 1.82) is 0 Å². The van der Waals surface area contributed by atoms with Gasteiger partial charge in [-0.2, -0.15) is 0 Å². The highest BCUT2D eigenvalue weighted by Gasteiger charge is 2.24. The Morgan fingerprint density at radius 3 is 2.44 bits per heavy atom. The Morgan fingerprint density at radius 2 is 1.94 bits per heavy atom. The average Bonchev–Trinajstić information content (AvgIpc) is 2.27. The second kappa shape index (κ2) is 5.24. The lowest BCUT2D eigenvalue weighted by Crippen LogP contribution is -2.45. The van der Waals surface area contributed by atoms with E-state index in [4.69, 9.17) is 10.5 Å². The van der Waals surface area contributed by atoms with E-state index in [9.17, 15) is 4.39 Å². The predicted molar refractivity (Wildman–Crippen MR) is 71.2 cm³/mol. The van der Waals surface area contributed by atoms with E-state index >= 15 is 0 Å². The van der Waals surface area contributed by atoms with Gasteiger partial charge in [-0.15, -0.1) is 0 Å². The first-order valence-corrected chi connectivity index (χ1v) is 6.43. The van der Waals surface area contributed by atoms with Crippen LogP contribution in [0.4, 0.5) is 10.1 Å². The van der Waals surface area contributed by atoms with Crippen LogP contribution < -0.4 is 10.6 Å². The van der Waals surface area contributed by atoms with Crippen LogP contribution >= 0.6 is 0 Å². The van der Waals surface area contributed by atoms with Gasteiger partial charge < -0.3 is 15.4 Å². The molecule has 0 radical (unpaired) electrons. The van der Waals surface area contributed by atoms with Crippen molar-refractivity contribution < 1.29 is 9.13 Å². The number of anilines is 1. The zero-order valence-electron chi connectivity index (χ0n) is 11.2. The second-order valence-corrected chi connectivity index (χ2v) is 5.16. The predicted octanol–water partition coefficient (Wildman–Crippen LogP) is 2.46. The van der Waals surface area contributed by atoms with Crippen molar-refractivity contribution in [3.8, 4) is 0 Å². The summed E-state index contributed by atoms with van der Waals surface area (Å²) in [6, 6.07) is 5.10. The Balaban J connectivity index is 2.22. The minimum atomic E-state index is -0.203. The Labute approximate surface area is 108 Å². The summed E-state index contributed by atoms with van der Waals surface area (Å²) >= 11 is 0. The number of halogens is 1. The Kier molecular flexibility index (Phi) is 3.88. The standard InChI is InChI=1S/C14H21FN2O/c1-9-7-17(8-10(2)18-9)14-5-4-12(11(3)16)6-13(14)15/h4-6,9-11H,7-8,16H2,1-3H3/t9-,10+,11-/m1/s1. The minimum Gasteiger partial charge on any atom is -0.372 e. The average molecular weight is 252 g/mol. The zero-order chi connectivity index (χ0) is 13.3. The van der Waals surface area contributed by atoms with Gasteiger partial charge in [0, 0.05) is 19.1 Å². The number of hydrogen-bond acceptors (Lipinski definition) is 3. The maximum atomic E-state index is 14.1. The summed E-state index contributed by atoms with van der Waals surface area (Å²) in [7, 11) is 0. The summed E-state index contributed by atoms with van der Waals surface area (Å²) < 4.78 is 19.8. The van der Waals surface area contributed by atoms with Gasteiger partial charge in [0.05, 0.1) is 17.9 Å². The van der Waals surface area contributed by atoms with Crippen molar-refractivity contribution in [2.75, 3.05) is 18.0 Å². The van der Waals surface area contributed by atoms with E-state index in [1.54, 1.807) is 0 Å². The van der Waals surface area contributed by atoms with Crippen molar-refractivity contribution in [3.63, 3.8) is 0 Å². The van der Waals surface area contributed by atoms with Crippen molar-refractivity contribution in [3.05, 3.63) is 29.6 Å². The van der Waals surface area contributed by atoms with Crippen LogP contribution in [-0.2, 0) is 4.74 Å². The first kappa shape index (κ1) is 13.3. The molecule has 0 saturated carbocycles. The molecule has 1 aromatic carbocycles. The lowest BCUT2D eigenvalue weighted by Gasteiger charge is -2.37. The van der Waals surface area contributed by atoms with Crippen LogP contribution in [0.3, 0.4) is 0 Å². The smallest absolute Gasteiger partial charge is 0.146 e. The normalized spacial score (nSPS) is 26.2. The Hall–Kier alpha value is -1.13. The molecule has 1 aliphatic rings. The fourth-order valence-electron chi connectivity index (χ4n) is 2.44. The van der Waals surface area contributed by atoms with Gasteiger partial charge in [0.1, 0.15) is 5.82 Å². The van der Waals surface area contributed by atoms with Crippen molar-refractivity contribution >= 4 is 5.69 Å². The van der Waals surface area contributed by atoms with Crippen LogP contribution in [0.2, 0.25) is 0 Å². The molecule has 1 saturated heterocycles. The Bertz CT molecular complexity index is 412. The van der Waals surface area contributed by atoms with E-state index in [-0.39, 0.29) is 24.1 Å². The number of nitrogens with zero attached hydrogens (tertiary/aromatic N) is 1. The summed E-state index contributed by atoms with van der Waals surface area (Å²) in [4.78, 5) is 2.04. The maximum Gasteiger partial charge on any atom is 0.146 e. The SMILES string of the molecule is C[C@@H]1CN(c2ccc([C@@H](C)N)cc2F)C[C@H](C)O1. The molecule has 1 aromatic rings. The number of benzene rings is 1. The van der Waals surface area contributed by atoms with Gasteiger partial charge in [0.2, 0.25) is 0 Å².